The summed E-state index contributed by atoms with van der Waals surface area (Å²) in [6.07, 6.45) is 1.73. The van der Waals surface area contributed by atoms with Crippen LogP contribution in [0.4, 0.5) is 4.39 Å². The molecule has 0 saturated heterocycles. The van der Waals surface area contributed by atoms with Gasteiger partial charge in [0.15, 0.2) is 0 Å². The van der Waals surface area contributed by atoms with Crippen LogP contribution in [0.3, 0.4) is 0 Å². The number of aromatic nitrogens is 3. The summed E-state index contributed by atoms with van der Waals surface area (Å²) >= 11 is 1.31. The topological polar surface area (TPSA) is 50.5 Å². The molecule has 0 amide bonds. The molecule has 2 heterocycles. The zero-order chi connectivity index (χ0) is 15.7. The van der Waals surface area contributed by atoms with Crippen LogP contribution < -0.4 is 0 Å². The van der Waals surface area contributed by atoms with Crippen molar-refractivity contribution in [1.82, 2.24) is 19.5 Å². The van der Waals surface area contributed by atoms with E-state index in [1.54, 1.807) is 22.8 Å². The molecule has 8 heteroatoms. The van der Waals surface area contributed by atoms with Crippen LogP contribution in [0, 0.1) is 5.82 Å². The molecular formula is C14H15FN4OS2. The molecule has 3 aromatic rings. The van der Waals surface area contributed by atoms with Crippen LogP contribution in [0.5, 0.6) is 0 Å². The first kappa shape index (κ1) is 15.3. The number of benzene rings is 1. The van der Waals surface area contributed by atoms with Crippen molar-refractivity contribution in [2.75, 3.05) is 26.4 Å². The average Bonchev–Trinajstić information content (AvgIpc) is 3.03. The molecule has 1 aromatic carbocycles. The lowest BCUT2D eigenvalue weighted by atomic mass is 10.2. The number of imidazole rings is 1. The SMILES string of the molecule is CN(C)CCS(=O)c1nn2cc(-c3cccc(F)c3)nc2s1. The first-order valence-corrected chi connectivity index (χ1v) is 8.82. The lowest BCUT2D eigenvalue weighted by Gasteiger charge is -2.06. The molecular weight excluding hydrogens is 323 g/mol. The van der Waals surface area contributed by atoms with Gasteiger partial charge in [0, 0.05) is 17.9 Å². The van der Waals surface area contributed by atoms with E-state index in [9.17, 15) is 8.60 Å². The number of fused-ring (bicyclic) bond motifs is 1. The van der Waals surface area contributed by atoms with Crippen molar-refractivity contribution >= 4 is 27.1 Å². The summed E-state index contributed by atoms with van der Waals surface area (Å²) in [4.78, 5) is 7.07. The molecule has 3 rings (SSSR count). The third-order valence-electron chi connectivity index (χ3n) is 3.06. The van der Waals surface area contributed by atoms with Gasteiger partial charge < -0.3 is 4.90 Å². The first-order valence-electron chi connectivity index (χ1n) is 6.68. The highest BCUT2D eigenvalue weighted by Crippen LogP contribution is 2.24. The fraction of sp³-hybridized carbons (Fsp3) is 0.286. The molecule has 0 aliphatic carbocycles. The molecule has 1 atom stereocenters. The average molecular weight is 338 g/mol. The van der Waals surface area contributed by atoms with Crippen molar-refractivity contribution in [1.29, 1.82) is 0 Å². The molecule has 0 aliphatic rings. The van der Waals surface area contributed by atoms with Gasteiger partial charge in [-0.15, -0.1) is 5.10 Å². The second-order valence-corrected chi connectivity index (χ2v) is 7.78. The van der Waals surface area contributed by atoms with Gasteiger partial charge in [0.05, 0.1) is 22.7 Å². The summed E-state index contributed by atoms with van der Waals surface area (Å²) in [5, 5.41) is 4.32. The van der Waals surface area contributed by atoms with Crippen LogP contribution in [0.2, 0.25) is 0 Å². The molecule has 0 radical (unpaired) electrons. The predicted octanol–water partition coefficient (Wildman–Crippen LogP) is 2.27. The number of hydrogen-bond donors (Lipinski definition) is 0. The zero-order valence-electron chi connectivity index (χ0n) is 12.2. The Morgan fingerprint density at radius 3 is 2.91 bits per heavy atom. The van der Waals surface area contributed by atoms with E-state index < -0.39 is 10.8 Å². The summed E-state index contributed by atoms with van der Waals surface area (Å²) in [5.74, 6) is 0.243. The van der Waals surface area contributed by atoms with E-state index in [4.69, 9.17) is 0 Å². The van der Waals surface area contributed by atoms with Gasteiger partial charge in [-0.2, -0.15) is 0 Å². The Kier molecular flexibility index (Phi) is 4.32. The predicted molar refractivity (Wildman–Crippen MR) is 86.1 cm³/mol. The van der Waals surface area contributed by atoms with Crippen molar-refractivity contribution in [3.05, 3.63) is 36.3 Å². The van der Waals surface area contributed by atoms with Crippen LogP contribution in [0.15, 0.2) is 34.8 Å². The molecule has 2 aromatic heterocycles. The Morgan fingerprint density at radius 1 is 1.41 bits per heavy atom. The highest BCUT2D eigenvalue weighted by Gasteiger charge is 2.14. The summed E-state index contributed by atoms with van der Waals surface area (Å²) in [5.41, 5.74) is 1.36. The van der Waals surface area contributed by atoms with E-state index >= 15 is 0 Å². The second kappa shape index (κ2) is 6.23. The van der Waals surface area contributed by atoms with Crippen molar-refractivity contribution in [2.24, 2.45) is 0 Å². The summed E-state index contributed by atoms with van der Waals surface area (Å²) in [6, 6.07) is 6.27. The molecule has 0 fully saturated rings. The third kappa shape index (κ3) is 3.23. The summed E-state index contributed by atoms with van der Waals surface area (Å²) < 4.78 is 27.6. The van der Waals surface area contributed by atoms with Gasteiger partial charge in [0.25, 0.3) is 0 Å². The van der Waals surface area contributed by atoms with E-state index in [2.05, 4.69) is 10.1 Å². The van der Waals surface area contributed by atoms with Gasteiger partial charge in [0.1, 0.15) is 5.82 Å². The van der Waals surface area contributed by atoms with Crippen LogP contribution in [0.25, 0.3) is 16.2 Å². The second-order valence-electron chi connectivity index (χ2n) is 5.08. The normalized spacial score (nSPS) is 13.1. The minimum absolute atomic E-state index is 0.299. The maximum Gasteiger partial charge on any atom is 0.213 e. The fourth-order valence-electron chi connectivity index (χ4n) is 1.91. The molecule has 116 valence electrons. The van der Waals surface area contributed by atoms with Crippen LogP contribution in [0.1, 0.15) is 0 Å². The maximum absolute atomic E-state index is 13.3. The standard InChI is InChI=1S/C14H15FN4OS2/c1-18(2)6-7-22(20)14-17-19-9-12(16-13(19)21-14)10-4-3-5-11(15)8-10/h3-5,8-9H,6-7H2,1-2H3. The molecule has 0 N–H and O–H groups in total. The van der Waals surface area contributed by atoms with E-state index in [1.165, 1.54) is 23.5 Å². The number of nitrogens with zero attached hydrogens (tertiary/aromatic N) is 4. The van der Waals surface area contributed by atoms with Gasteiger partial charge in [-0.05, 0) is 26.2 Å². The lowest BCUT2D eigenvalue weighted by molar-refractivity contribution is 0.435. The monoisotopic (exact) mass is 338 g/mol. The van der Waals surface area contributed by atoms with E-state index in [0.29, 0.717) is 26.3 Å². The molecule has 5 nitrogen and oxygen atoms in total. The lowest BCUT2D eigenvalue weighted by Crippen LogP contribution is -2.19. The Labute approximate surface area is 133 Å². The highest BCUT2D eigenvalue weighted by molar-refractivity contribution is 7.87. The van der Waals surface area contributed by atoms with Crippen LogP contribution in [-0.4, -0.2) is 50.1 Å². The highest BCUT2D eigenvalue weighted by atomic mass is 32.2. The minimum atomic E-state index is -1.12. The van der Waals surface area contributed by atoms with Gasteiger partial charge in [-0.3, -0.25) is 4.21 Å². The van der Waals surface area contributed by atoms with E-state index in [0.717, 1.165) is 6.54 Å². The first-order chi connectivity index (χ1) is 10.5. The molecule has 0 spiro atoms. The van der Waals surface area contributed by atoms with E-state index in [-0.39, 0.29) is 5.82 Å². The maximum atomic E-state index is 13.3. The molecule has 0 saturated carbocycles. The Balaban J connectivity index is 1.84. The van der Waals surface area contributed by atoms with Crippen LogP contribution in [-0.2, 0) is 10.8 Å². The van der Waals surface area contributed by atoms with Crippen molar-refractivity contribution < 1.29 is 8.60 Å². The third-order valence-corrected chi connectivity index (χ3v) is 5.61. The number of hydrogen-bond acceptors (Lipinski definition) is 5. The zero-order valence-corrected chi connectivity index (χ0v) is 13.8. The molecule has 0 aliphatic heterocycles. The number of halogens is 1. The van der Waals surface area contributed by atoms with Crippen molar-refractivity contribution in [3.8, 4) is 11.3 Å². The van der Waals surface area contributed by atoms with Gasteiger partial charge in [-0.25, -0.2) is 13.9 Å². The Hall–Kier alpha value is -1.64. The summed E-state index contributed by atoms with van der Waals surface area (Å²) in [7, 11) is 2.76. The molecule has 0 bridgehead atoms. The Bertz CT molecular complexity index is 796. The van der Waals surface area contributed by atoms with Crippen LogP contribution >= 0.6 is 11.3 Å². The van der Waals surface area contributed by atoms with Gasteiger partial charge in [0.2, 0.25) is 9.30 Å². The van der Waals surface area contributed by atoms with Gasteiger partial charge in [-0.1, -0.05) is 23.5 Å². The van der Waals surface area contributed by atoms with E-state index in [1.807, 2.05) is 19.0 Å². The van der Waals surface area contributed by atoms with Crippen molar-refractivity contribution in [3.63, 3.8) is 0 Å². The Morgan fingerprint density at radius 2 is 2.23 bits per heavy atom. The smallest absolute Gasteiger partial charge is 0.213 e. The number of rotatable bonds is 5. The quantitative estimate of drug-likeness (QED) is 0.716. The molecule has 22 heavy (non-hydrogen) atoms. The largest absolute Gasteiger partial charge is 0.308 e. The van der Waals surface area contributed by atoms with Crippen molar-refractivity contribution in [2.45, 2.75) is 4.34 Å². The fourth-order valence-corrected chi connectivity index (χ4v) is 4.26. The summed E-state index contributed by atoms with van der Waals surface area (Å²) in [6.45, 7) is 0.739. The van der Waals surface area contributed by atoms with Gasteiger partial charge >= 0.3 is 0 Å². The minimum Gasteiger partial charge on any atom is -0.308 e. The molecule has 1 unspecified atom stereocenters.